The van der Waals surface area contributed by atoms with Crippen LogP contribution in [0, 0.1) is 18.3 Å². The summed E-state index contributed by atoms with van der Waals surface area (Å²) in [7, 11) is 0. The van der Waals surface area contributed by atoms with Crippen LogP contribution in [-0.4, -0.2) is 23.3 Å². The Morgan fingerprint density at radius 1 is 1.56 bits per heavy atom. The molecule has 0 saturated carbocycles. The van der Waals surface area contributed by atoms with Gasteiger partial charge in [0.15, 0.2) is 0 Å². The Labute approximate surface area is 111 Å². The molecule has 18 heavy (non-hydrogen) atoms. The van der Waals surface area contributed by atoms with Crippen molar-refractivity contribution in [3.05, 3.63) is 35.4 Å². The zero-order valence-corrected chi connectivity index (χ0v) is 10.9. The minimum Gasteiger partial charge on any atom is -0.463 e. The molecule has 4 nitrogen and oxygen atoms in total. The van der Waals surface area contributed by atoms with Gasteiger partial charge in [0.05, 0.1) is 6.61 Å². The van der Waals surface area contributed by atoms with E-state index in [2.05, 4.69) is 4.74 Å². The number of aliphatic hydroxyl groups is 1. The number of esters is 1. The average Bonchev–Trinajstić information content (AvgIpc) is 2.38. The molecule has 0 amide bonds. The molecule has 0 spiro atoms. The Hall–Kier alpha value is -1.57. The molecule has 0 saturated heterocycles. The highest BCUT2D eigenvalue weighted by molar-refractivity contribution is 6.23. The number of ether oxygens (including phenoxy) is 1. The van der Waals surface area contributed by atoms with Gasteiger partial charge in [0.2, 0.25) is 0 Å². The fourth-order valence-corrected chi connectivity index (χ4v) is 1.71. The Balaban J connectivity index is 3.05. The number of hydrogen-bond acceptors (Lipinski definition) is 4. The van der Waals surface area contributed by atoms with Crippen LogP contribution in [0.1, 0.15) is 23.4 Å². The van der Waals surface area contributed by atoms with Gasteiger partial charge in [-0.2, -0.15) is 5.26 Å². The smallest absolute Gasteiger partial charge is 0.355 e. The lowest BCUT2D eigenvalue weighted by atomic mass is 9.95. The third-order valence-corrected chi connectivity index (χ3v) is 3.06. The first-order chi connectivity index (χ1) is 8.45. The summed E-state index contributed by atoms with van der Waals surface area (Å²) in [6.45, 7) is 3.56. The van der Waals surface area contributed by atoms with Crippen molar-refractivity contribution in [3.63, 3.8) is 0 Å². The lowest BCUT2D eigenvalue weighted by Crippen LogP contribution is -2.42. The molecule has 0 aromatic heterocycles. The molecule has 0 aliphatic heterocycles. The van der Waals surface area contributed by atoms with Crippen molar-refractivity contribution >= 4 is 17.6 Å². The molecule has 0 heterocycles. The van der Waals surface area contributed by atoms with E-state index in [0.29, 0.717) is 5.56 Å². The molecule has 0 radical (unpaired) electrons. The third-order valence-electron chi connectivity index (χ3n) is 2.49. The maximum atomic E-state index is 11.6. The zero-order valence-electron chi connectivity index (χ0n) is 10.2. The molecule has 2 atom stereocenters. The molecule has 1 N–H and O–H groups in total. The summed E-state index contributed by atoms with van der Waals surface area (Å²) in [6, 6.07) is 8.42. The predicted molar refractivity (Wildman–Crippen MR) is 67.0 cm³/mol. The van der Waals surface area contributed by atoms with Gasteiger partial charge < -0.3 is 9.84 Å². The topological polar surface area (TPSA) is 70.3 Å². The summed E-state index contributed by atoms with van der Waals surface area (Å²) in [4.78, 5) is 11.6. The second-order valence-electron chi connectivity index (χ2n) is 3.87. The molecule has 0 aliphatic carbocycles. The zero-order chi connectivity index (χ0) is 13.8. The molecular formula is C13H14ClNO3. The number of alkyl halides is 1. The normalized spacial score (nSPS) is 15.3. The molecule has 1 rings (SSSR count). The second kappa shape index (κ2) is 5.85. The van der Waals surface area contributed by atoms with E-state index in [0.717, 1.165) is 5.56 Å². The van der Waals surface area contributed by atoms with Crippen LogP contribution in [-0.2, 0) is 9.53 Å². The first kappa shape index (κ1) is 14.5. The Kier molecular flexibility index (Phi) is 4.71. The van der Waals surface area contributed by atoms with Gasteiger partial charge in [-0.25, -0.2) is 4.79 Å². The van der Waals surface area contributed by atoms with Crippen LogP contribution in [0.25, 0.3) is 0 Å². The van der Waals surface area contributed by atoms with Crippen LogP contribution < -0.4 is 0 Å². The largest absolute Gasteiger partial charge is 0.463 e. The van der Waals surface area contributed by atoms with Gasteiger partial charge in [0, 0.05) is 0 Å². The van der Waals surface area contributed by atoms with Crippen molar-refractivity contribution in [2.45, 2.75) is 24.8 Å². The van der Waals surface area contributed by atoms with Crippen molar-refractivity contribution in [2.75, 3.05) is 6.61 Å². The van der Waals surface area contributed by atoms with Crippen LogP contribution in [0.3, 0.4) is 0 Å². The van der Waals surface area contributed by atoms with Crippen LogP contribution in [0.15, 0.2) is 24.3 Å². The highest BCUT2D eigenvalue weighted by Crippen LogP contribution is 2.33. The predicted octanol–water partition coefficient (Wildman–Crippen LogP) is 2.09. The van der Waals surface area contributed by atoms with E-state index in [1.807, 2.05) is 6.92 Å². The molecule has 5 heteroatoms. The summed E-state index contributed by atoms with van der Waals surface area (Å²) in [6.07, 6.45) is 0. The maximum Gasteiger partial charge on any atom is 0.355 e. The molecule has 0 aliphatic rings. The van der Waals surface area contributed by atoms with E-state index in [9.17, 15) is 9.90 Å². The minimum atomic E-state index is -2.38. The molecule has 1 aromatic rings. The van der Waals surface area contributed by atoms with Crippen molar-refractivity contribution in [3.8, 4) is 6.07 Å². The standard InChI is InChI=1S/C13H14ClNO3/c1-3-18-12(16)13(17,8-15)11(14)10-6-4-9(2)5-7-10/h4-7,11,17H,3H2,1-2H3. The number of aryl methyl sites for hydroxylation is 1. The van der Waals surface area contributed by atoms with Gasteiger partial charge in [0.25, 0.3) is 5.60 Å². The van der Waals surface area contributed by atoms with Gasteiger partial charge in [-0.3, -0.25) is 0 Å². The van der Waals surface area contributed by atoms with Gasteiger partial charge in [0.1, 0.15) is 11.4 Å². The number of hydrogen-bond donors (Lipinski definition) is 1. The van der Waals surface area contributed by atoms with Crippen molar-refractivity contribution in [1.82, 2.24) is 0 Å². The van der Waals surface area contributed by atoms with Crippen molar-refractivity contribution in [2.24, 2.45) is 0 Å². The molecule has 0 fully saturated rings. The highest BCUT2D eigenvalue weighted by Gasteiger charge is 2.46. The fraction of sp³-hybridized carbons (Fsp3) is 0.385. The SMILES string of the molecule is CCOC(=O)C(O)(C#N)C(Cl)c1ccc(C)cc1. The number of carbonyl (C=O) groups excluding carboxylic acids is 1. The molecule has 0 bridgehead atoms. The molecule has 1 aromatic carbocycles. The number of carbonyl (C=O) groups is 1. The summed E-state index contributed by atoms with van der Waals surface area (Å²) < 4.78 is 4.67. The monoisotopic (exact) mass is 267 g/mol. The van der Waals surface area contributed by atoms with Crippen LogP contribution in [0.5, 0.6) is 0 Å². The highest BCUT2D eigenvalue weighted by atomic mass is 35.5. The van der Waals surface area contributed by atoms with Crippen LogP contribution >= 0.6 is 11.6 Å². The van der Waals surface area contributed by atoms with E-state index in [4.69, 9.17) is 16.9 Å². The van der Waals surface area contributed by atoms with Crippen molar-refractivity contribution < 1.29 is 14.6 Å². The first-order valence-corrected chi connectivity index (χ1v) is 5.90. The quantitative estimate of drug-likeness (QED) is 0.515. The van der Waals surface area contributed by atoms with Gasteiger partial charge in [-0.05, 0) is 19.4 Å². The fourth-order valence-electron chi connectivity index (χ4n) is 1.42. The number of nitriles is 1. The maximum absolute atomic E-state index is 11.6. The Bertz CT molecular complexity index is 466. The second-order valence-corrected chi connectivity index (χ2v) is 4.31. The summed E-state index contributed by atoms with van der Waals surface area (Å²) in [5.41, 5.74) is -0.883. The van der Waals surface area contributed by atoms with E-state index in [-0.39, 0.29) is 6.61 Å². The van der Waals surface area contributed by atoms with Crippen LogP contribution in [0.2, 0.25) is 0 Å². The van der Waals surface area contributed by atoms with E-state index in [1.54, 1.807) is 31.2 Å². The van der Waals surface area contributed by atoms with Gasteiger partial charge in [-0.15, -0.1) is 11.6 Å². The first-order valence-electron chi connectivity index (χ1n) is 5.47. The molecular weight excluding hydrogens is 254 g/mol. The average molecular weight is 268 g/mol. The van der Waals surface area contributed by atoms with Gasteiger partial charge in [-0.1, -0.05) is 29.8 Å². The summed E-state index contributed by atoms with van der Waals surface area (Å²) in [5, 5.41) is 17.8. The van der Waals surface area contributed by atoms with Gasteiger partial charge >= 0.3 is 5.97 Å². The number of rotatable bonds is 4. The molecule has 96 valence electrons. The minimum absolute atomic E-state index is 0.0698. The summed E-state index contributed by atoms with van der Waals surface area (Å²) in [5.74, 6) is -1.03. The van der Waals surface area contributed by atoms with Crippen LogP contribution in [0.4, 0.5) is 0 Å². The number of halogens is 1. The summed E-state index contributed by atoms with van der Waals surface area (Å²) >= 11 is 6.02. The third kappa shape index (κ3) is 2.81. The van der Waals surface area contributed by atoms with E-state index < -0.39 is 16.9 Å². The van der Waals surface area contributed by atoms with E-state index >= 15 is 0 Å². The molecule has 2 unspecified atom stereocenters. The lowest BCUT2D eigenvalue weighted by molar-refractivity contribution is -0.159. The number of benzene rings is 1. The van der Waals surface area contributed by atoms with E-state index in [1.165, 1.54) is 6.07 Å². The number of nitrogens with zero attached hydrogens (tertiary/aromatic N) is 1. The lowest BCUT2D eigenvalue weighted by Gasteiger charge is -2.23. The van der Waals surface area contributed by atoms with Crippen molar-refractivity contribution in [1.29, 1.82) is 5.26 Å². The Morgan fingerprint density at radius 3 is 2.56 bits per heavy atom. The Morgan fingerprint density at radius 2 is 2.11 bits per heavy atom.